The largest absolute Gasteiger partial charge is 0.388 e. The van der Waals surface area contributed by atoms with Crippen LogP contribution in [-0.2, 0) is 0 Å². The van der Waals surface area contributed by atoms with E-state index < -0.39 is 0 Å². The van der Waals surface area contributed by atoms with Crippen molar-refractivity contribution >= 4 is 0 Å². The summed E-state index contributed by atoms with van der Waals surface area (Å²) in [5, 5.41) is 10.3. The van der Waals surface area contributed by atoms with Crippen LogP contribution in [0.3, 0.4) is 0 Å². The van der Waals surface area contributed by atoms with Crippen molar-refractivity contribution in [2.75, 3.05) is 0 Å². The molecule has 0 spiro atoms. The first-order valence-corrected chi connectivity index (χ1v) is 6.97. The fourth-order valence-electron chi connectivity index (χ4n) is 3.97. The summed E-state index contributed by atoms with van der Waals surface area (Å²) in [6, 6.07) is 8.32. The summed E-state index contributed by atoms with van der Waals surface area (Å²) in [5.41, 5.74) is 2.35. The zero-order valence-electron chi connectivity index (χ0n) is 10.6. The van der Waals surface area contributed by atoms with Gasteiger partial charge >= 0.3 is 0 Å². The average molecular weight is 230 g/mol. The third-order valence-electron chi connectivity index (χ3n) is 4.84. The van der Waals surface area contributed by atoms with Crippen molar-refractivity contribution < 1.29 is 5.11 Å². The number of aliphatic hydroxyl groups is 1. The molecule has 0 aromatic heterocycles. The molecule has 4 unspecified atom stereocenters. The Balaban J connectivity index is 1.65. The number of hydrogen-bond donors (Lipinski definition) is 1. The molecule has 4 atom stereocenters. The van der Waals surface area contributed by atoms with Gasteiger partial charge in [-0.25, -0.2) is 0 Å². The Morgan fingerprint density at radius 2 is 2.18 bits per heavy atom. The van der Waals surface area contributed by atoms with Crippen LogP contribution in [0.1, 0.15) is 49.3 Å². The second-order valence-electron chi connectivity index (χ2n) is 6.10. The van der Waals surface area contributed by atoms with Gasteiger partial charge in [-0.05, 0) is 55.9 Å². The number of aryl methyl sites for hydroxylation is 1. The molecular weight excluding hydrogens is 208 g/mol. The highest BCUT2D eigenvalue weighted by atomic mass is 16.3. The number of benzene rings is 1. The Kier molecular flexibility index (Phi) is 2.96. The van der Waals surface area contributed by atoms with Gasteiger partial charge in [0, 0.05) is 0 Å². The highest BCUT2D eigenvalue weighted by Crippen LogP contribution is 2.50. The van der Waals surface area contributed by atoms with E-state index in [1.165, 1.54) is 31.2 Å². The van der Waals surface area contributed by atoms with Gasteiger partial charge in [0.2, 0.25) is 0 Å². The van der Waals surface area contributed by atoms with Gasteiger partial charge in [-0.2, -0.15) is 0 Å². The lowest BCUT2D eigenvalue weighted by Crippen LogP contribution is -2.14. The van der Waals surface area contributed by atoms with E-state index in [-0.39, 0.29) is 6.10 Å². The van der Waals surface area contributed by atoms with Crippen molar-refractivity contribution in [2.45, 2.75) is 45.1 Å². The zero-order chi connectivity index (χ0) is 11.8. The summed E-state index contributed by atoms with van der Waals surface area (Å²) < 4.78 is 0. The van der Waals surface area contributed by atoms with Crippen molar-refractivity contribution in [3.8, 4) is 0 Å². The van der Waals surface area contributed by atoms with Crippen LogP contribution in [0.4, 0.5) is 0 Å². The van der Waals surface area contributed by atoms with Gasteiger partial charge in [0.15, 0.2) is 0 Å². The van der Waals surface area contributed by atoms with Crippen LogP contribution in [0.5, 0.6) is 0 Å². The molecule has 1 nitrogen and oxygen atoms in total. The average Bonchev–Trinajstić information content (AvgIpc) is 2.91. The van der Waals surface area contributed by atoms with Crippen molar-refractivity contribution in [3.63, 3.8) is 0 Å². The number of aliphatic hydroxyl groups excluding tert-OH is 1. The number of fused-ring (bicyclic) bond motifs is 2. The lowest BCUT2D eigenvalue weighted by Gasteiger charge is -2.24. The first-order chi connectivity index (χ1) is 8.22. The van der Waals surface area contributed by atoms with Crippen molar-refractivity contribution in [2.24, 2.45) is 17.8 Å². The van der Waals surface area contributed by atoms with Crippen LogP contribution in [0.15, 0.2) is 24.3 Å². The van der Waals surface area contributed by atoms with E-state index in [1.807, 2.05) is 0 Å². The quantitative estimate of drug-likeness (QED) is 0.836. The van der Waals surface area contributed by atoms with E-state index in [0.29, 0.717) is 0 Å². The lowest BCUT2D eigenvalue weighted by atomic mass is 9.83. The Morgan fingerprint density at radius 1 is 1.29 bits per heavy atom. The molecule has 1 aromatic carbocycles. The first kappa shape index (κ1) is 11.3. The smallest absolute Gasteiger partial charge is 0.0792 e. The van der Waals surface area contributed by atoms with Gasteiger partial charge in [0.05, 0.1) is 6.10 Å². The van der Waals surface area contributed by atoms with Crippen LogP contribution in [0, 0.1) is 24.7 Å². The first-order valence-electron chi connectivity index (χ1n) is 6.97. The highest BCUT2D eigenvalue weighted by molar-refractivity contribution is 5.24. The molecule has 0 aliphatic heterocycles. The number of rotatable bonds is 3. The second-order valence-corrected chi connectivity index (χ2v) is 6.10. The molecule has 2 fully saturated rings. The predicted octanol–water partition coefficient (Wildman–Crippen LogP) is 3.85. The molecule has 3 rings (SSSR count). The minimum atomic E-state index is -0.251. The monoisotopic (exact) mass is 230 g/mol. The Hall–Kier alpha value is -0.820. The Bertz CT molecular complexity index is 398. The van der Waals surface area contributed by atoms with Crippen LogP contribution >= 0.6 is 0 Å². The minimum absolute atomic E-state index is 0.251. The molecular formula is C16H22O. The molecule has 1 heteroatoms. The summed E-state index contributed by atoms with van der Waals surface area (Å²) in [4.78, 5) is 0. The van der Waals surface area contributed by atoms with E-state index >= 15 is 0 Å². The topological polar surface area (TPSA) is 20.2 Å². The van der Waals surface area contributed by atoms with E-state index in [4.69, 9.17) is 0 Å². The highest BCUT2D eigenvalue weighted by Gasteiger charge is 2.40. The number of hydrogen-bond acceptors (Lipinski definition) is 1. The third-order valence-corrected chi connectivity index (χ3v) is 4.84. The molecule has 2 bridgehead atoms. The van der Waals surface area contributed by atoms with Crippen LogP contribution < -0.4 is 0 Å². The minimum Gasteiger partial charge on any atom is -0.388 e. The van der Waals surface area contributed by atoms with Crippen LogP contribution in [0.2, 0.25) is 0 Å². The normalized spacial score (nSPS) is 32.9. The van der Waals surface area contributed by atoms with Gasteiger partial charge < -0.3 is 5.11 Å². The Labute approximate surface area is 104 Å². The molecule has 0 amide bonds. The van der Waals surface area contributed by atoms with E-state index in [1.54, 1.807) is 0 Å². The molecule has 92 valence electrons. The SMILES string of the molecule is Cc1cccc(C(O)CC2CC3CCC2C3)c1. The van der Waals surface area contributed by atoms with Gasteiger partial charge in [0.25, 0.3) is 0 Å². The summed E-state index contributed by atoms with van der Waals surface area (Å²) >= 11 is 0. The molecule has 1 aromatic rings. The fraction of sp³-hybridized carbons (Fsp3) is 0.625. The predicted molar refractivity (Wildman–Crippen MR) is 69.7 cm³/mol. The maximum atomic E-state index is 10.3. The van der Waals surface area contributed by atoms with Crippen LogP contribution in [0.25, 0.3) is 0 Å². The van der Waals surface area contributed by atoms with Gasteiger partial charge in [-0.15, -0.1) is 0 Å². The van der Waals surface area contributed by atoms with E-state index in [2.05, 4.69) is 31.2 Å². The lowest BCUT2D eigenvalue weighted by molar-refractivity contribution is 0.125. The van der Waals surface area contributed by atoms with Crippen LogP contribution in [-0.4, -0.2) is 5.11 Å². The molecule has 1 N–H and O–H groups in total. The standard InChI is InChI=1S/C16H22O/c1-11-3-2-4-14(7-11)16(17)10-15-9-12-5-6-13(15)8-12/h2-4,7,12-13,15-17H,5-6,8-10H2,1H3. The third kappa shape index (κ3) is 2.26. The molecule has 0 heterocycles. The zero-order valence-corrected chi connectivity index (χ0v) is 10.6. The molecule has 0 radical (unpaired) electrons. The summed E-state index contributed by atoms with van der Waals surface area (Å²) in [6.45, 7) is 2.09. The summed E-state index contributed by atoms with van der Waals surface area (Å²) in [6.07, 6.45) is 6.39. The molecule has 0 saturated heterocycles. The maximum absolute atomic E-state index is 10.3. The second kappa shape index (κ2) is 4.45. The molecule has 2 saturated carbocycles. The Morgan fingerprint density at radius 3 is 2.82 bits per heavy atom. The van der Waals surface area contributed by atoms with E-state index in [9.17, 15) is 5.11 Å². The summed E-state index contributed by atoms with van der Waals surface area (Å²) in [7, 11) is 0. The van der Waals surface area contributed by atoms with Gasteiger partial charge in [-0.3, -0.25) is 0 Å². The molecule has 2 aliphatic carbocycles. The van der Waals surface area contributed by atoms with Crippen molar-refractivity contribution in [1.82, 2.24) is 0 Å². The van der Waals surface area contributed by atoms with Crippen molar-refractivity contribution in [3.05, 3.63) is 35.4 Å². The van der Waals surface area contributed by atoms with Gasteiger partial charge in [-0.1, -0.05) is 36.2 Å². The summed E-state index contributed by atoms with van der Waals surface area (Å²) in [5.74, 6) is 2.68. The van der Waals surface area contributed by atoms with E-state index in [0.717, 1.165) is 29.7 Å². The molecule has 17 heavy (non-hydrogen) atoms. The van der Waals surface area contributed by atoms with Crippen molar-refractivity contribution in [1.29, 1.82) is 0 Å². The maximum Gasteiger partial charge on any atom is 0.0792 e. The fourth-order valence-corrected chi connectivity index (χ4v) is 3.97. The molecule has 2 aliphatic rings. The van der Waals surface area contributed by atoms with Gasteiger partial charge in [0.1, 0.15) is 0 Å².